The number of nitro groups is 1. The lowest BCUT2D eigenvalue weighted by molar-refractivity contribution is -0.384. The smallest absolute Gasteiger partial charge is 0.295 e. The predicted molar refractivity (Wildman–Crippen MR) is 82.0 cm³/mol. The Morgan fingerprint density at radius 2 is 2.19 bits per heavy atom. The lowest BCUT2D eigenvalue weighted by Crippen LogP contribution is -2.31. The van der Waals surface area contributed by atoms with Crippen molar-refractivity contribution in [3.8, 4) is 0 Å². The van der Waals surface area contributed by atoms with Crippen molar-refractivity contribution < 1.29 is 9.34 Å². The first-order chi connectivity index (χ1) is 9.72. The molecule has 0 unspecified atom stereocenters. The van der Waals surface area contributed by atoms with E-state index in [0.29, 0.717) is 23.0 Å². The van der Waals surface area contributed by atoms with Crippen LogP contribution in [0.5, 0.6) is 0 Å². The Morgan fingerprint density at radius 1 is 1.43 bits per heavy atom. The Labute approximate surface area is 127 Å². The van der Waals surface area contributed by atoms with Gasteiger partial charge in [0, 0.05) is 18.7 Å². The number of anilines is 1. The molecule has 0 aliphatic carbocycles. The van der Waals surface area contributed by atoms with Crippen LogP contribution in [0.4, 0.5) is 11.7 Å². The van der Waals surface area contributed by atoms with E-state index in [1.807, 2.05) is 0 Å². The van der Waals surface area contributed by atoms with E-state index in [1.54, 1.807) is 6.07 Å². The average molecular weight is 313 g/mol. The SMILES string of the molecule is Cl.O=[N+]([O-])c1ccc2oc(NCC3CCNCC3)nc2c1. The molecule has 0 radical (unpaired) electrons. The number of nitrogens with zero attached hydrogens (tertiary/aromatic N) is 2. The van der Waals surface area contributed by atoms with Gasteiger partial charge in [0.1, 0.15) is 5.52 Å². The molecule has 2 heterocycles. The van der Waals surface area contributed by atoms with Crippen molar-refractivity contribution in [2.24, 2.45) is 5.92 Å². The molecular formula is C13H17ClN4O3. The van der Waals surface area contributed by atoms with Crippen LogP contribution < -0.4 is 10.6 Å². The summed E-state index contributed by atoms with van der Waals surface area (Å²) in [6.07, 6.45) is 2.28. The fourth-order valence-electron chi connectivity index (χ4n) is 2.42. The van der Waals surface area contributed by atoms with E-state index in [0.717, 1.165) is 32.5 Å². The molecule has 0 amide bonds. The molecule has 7 nitrogen and oxygen atoms in total. The van der Waals surface area contributed by atoms with Gasteiger partial charge >= 0.3 is 0 Å². The zero-order chi connectivity index (χ0) is 13.9. The number of hydrogen-bond acceptors (Lipinski definition) is 6. The number of non-ortho nitro benzene ring substituents is 1. The van der Waals surface area contributed by atoms with Gasteiger partial charge in [-0.15, -0.1) is 12.4 Å². The molecule has 2 aromatic rings. The van der Waals surface area contributed by atoms with Crippen LogP contribution in [0.2, 0.25) is 0 Å². The van der Waals surface area contributed by atoms with Gasteiger partial charge in [-0.2, -0.15) is 4.98 Å². The van der Waals surface area contributed by atoms with Crippen LogP contribution in [0, 0.1) is 16.0 Å². The first-order valence-corrected chi connectivity index (χ1v) is 6.72. The largest absolute Gasteiger partial charge is 0.424 e. The summed E-state index contributed by atoms with van der Waals surface area (Å²) in [6.45, 7) is 2.91. The number of nitro benzene ring substituents is 1. The number of fused-ring (bicyclic) bond motifs is 1. The summed E-state index contributed by atoms with van der Waals surface area (Å²) in [5, 5.41) is 17.2. The second-order valence-electron chi connectivity index (χ2n) is 5.00. The van der Waals surface area contributed by atoms with Crippen LogP contribution in [0.25, 0.3) is 11.1 Å². The highest BCUT2D eigenvalue weighted by Gasteiger charge is 2.15. The zero-order valence-corrected chi connectivity index (χ0v) is 12.2. The quantitative estimate of drug-likeness (QED) is 0.665. The fraction of sp³-hybridized carbons (Fsp3) is 0.462. The molecule has 8 heteroatoms. The molecule has 0 atom stereocenters. The third-order valence-corrected chi connectivity index (χ3v) is 3.58. The van der Waals surface area contributed by atoms with Crippen LogP contribution in [0.15, 0.2) is 22.6 Å². The van der Waals surface area contributed by atoms with Gasteiger partial charge in [-0.1, -0.05) is 0 Å². The van der Waals surface area contributed by atoms with E-state index < -0.39 is 4.92 Å². The van der Waals surface area contributed by atoms with Gasteiger partial charge in [0.05, 0.1) is 4.92 Å². The van der Waals surface area contributed by atoms with E-state index >= 15 is 0 Å². The third kappa shape index (κ3) is 3.62. The number of halogens is 1. The molecule has 3 rings (SSSR count). The van der Waals surface area contributed by atoms with Crippen molar-refractivity contribution in [2.45, 2.75) is 12.8 Å². The first kappa shape index (κ1) is 15.5. The molecule has 1 aliphatic heterocycles. The molecule has 1 saturated heterocycles. The molecule has 1 aromatic carbocycles. The number of aromatic nitrogens is 1. The highest BCUT2D eigenvalue weighted by molar-refractivity contribution is 5.85. The average Bonchev–Trinajstić information content (AvgIpc) is 2.88. The Balaban J connectivity index is 0.00000161. The minimum Gasteiger partial charge on any atom is -0.424 e. The van der Waals surface area contributed by atoms with Crippen molar-refractivity contribution in [3.63, 3.8) is 0 Å². The molecule has 2 N–H and O–H groups in total. The van der Waals surface area contributed by atoms with Gasteiger partial charge < -0.3 is 15.1 Å². The maximum atomic E-state index is 10.7. The number of oxazole rings is 1. The van der Waals surface area contributed by atoms with E-state index in [4.69, 9.17) is 4.42 Å². The molecular weight excluding hydrogens is 296 g/mol. The minimum absolute atomic E-state index is 0. The molecule has 21 heavy (non-hydrogen) atoms. The summed E-state index contributed by atoms with van der Waals surface area (Å²) < 4.78 is 5.53. The zero-order valence-electron chi connectivity index (χ0n) is 11.4. The van der Waals surface area contributed by atoms with Gasteiger partial charge in [-0.25, -0.2) is 0 Å². The Morgan fingerprint density at radius 3 is 2.90 bits per heavy atom. The summed E-state index contributed by atoms with van der Waals surface area (Å²) in [5.74, 6) is 0.612. The van der Waals surface area contributed by atoms with Gasteiger partial charge in [-0.05, 0) is 37.9 Å². The van der Waals surface area contributed by atoms with Crippen molar-refractivity contribution in [1.29, 1.82) is 0 Å². The van der Waals surface area contributed by atoms with Gasteiger partial charge in [0.2, 0.25) is 0 Å². The van der Waals surface area contributed by atoms with Gasteiger partial charge in [0.25, 0.3) is 11.7 Å². The molecule has 0 saturated carbocycles. The van der Waals surface area contributed by atoms with Crippen molar-refractivity contribution >= 4 is 35.2 Å². The summed E-state index contributed by atoms with van der Waals surface area (Å²) >= 11 is 0. The maximum absolute atomic E-state index is 10.7. The molecule has 1 fully saturated rings. The summed E-state index contributed by atoms with van der Waals surface area (Å²) in [5.41, 5.74) is 1.09. The Bertz CT molecular complexity index is 625. The van der Waals surface area contributed by atoms with Gasteiger partial charge in [-0.3, -0.25) is 10.1 Å². The Kier molecular flexibility index (Phi) is 4.98. The number of piperidine rings is 1. The molecule has 1 aliphatic rings. The minimum atomic E-state index is -0.434. The number of nitrogens with one attached hydrogen (secondary N) is 2. The summed E-state index contributed by atoms with van der Waals surface area (Å²) in [7, 11) is 0. The normalized spacial score (nSPS) is 15.6. The van der Waals surface area contributed by atoms with E-state index in [1.165, 1.54) is 12.1 Å². The second kappa shape index (κ2) is 6.73. The van der Waals surface area contributed by atoms with E-state index in [9.17, 15) is 10.1 Å². The van der Waals surface area contributed by atoms with E-state index in [2.05, 4.69) is 15.6 Å². The first-order valence-electron chi connectivity index (χ1n) is 6.72. The monoisotopic (exact) mass is 312 g/mol. The van der Waals surface area contributed by atoms with Crippen LogP contribution in [-0.2, 0) is 0 Å². The number of hydrogen-bond donors (Lipinski definition) is 2. The molecule has 0 spiro atoms. The second-order valence-corrected chi connectivity index (χ2v) is 5.00. The van der Waals surface area contributed by atoms with Crippen molar-refractivity contribution in [1.82, 2.24) is 10.3 Å². The standard InChI is InChI=1S/C13H16N4O3.ClH/c18-17(19)10-1-2-12-11(7-10)16-13(20-12)15-8-9-3-5-14-6-4-9;/h1-2,7,9,14H,3-6,8H2,(H,15,16);1H. The highest BCUT2D eigenvalue weighted by atomic mass is 35.5. The lowest BCUT2D eigenvalue weighted by Gasteiger charge is -2.22. The topological polar surface area (TPSA) is 93.2 Å². The Hall–Kier alpha value is -1.86. The fourth-order valence-corrected chi connectivity index (χ4v) is 2.42. The van der Waals surface area contributed by atoms with Crippen LogP contribution in [0.3, 0.4) is 0 Å². The number of benzene rings is 1. The van der Waals surface area contributed by atoms with Crippen LogP contribution >= 0.6 is 12.4 Å². The van der Waals surface area contributed by atoms with Crippen LogP contribution in [-0.4, -0.2) is 29.5 Å². The predicted octanol–water partition coefficient (Wildman–Crippen LogP) is 2.57. The van der Waals surface area contributed by atoms with Crippen molar-refractivity contribution in [2.75, 3.05) is 25.0 Å². The molecule has 114 valence electrons. The highest BCUT2D eigenvalue weighted by Crippen LogP contribution is 2.24. The lowest BCUT2D eigenvalue weighted by atomic mass is 9.98. The van der Waals surface area contributed by atoms with Gasteiger partial charge in [0.15, 0.2) is 5.58 Å². The molecule has 1 aromatic heterocycles. The van der Waals surface area contributed by atoms with Crippen molar-refractivity contribution in [3.05, 3.63) is 28.3 Å². The van der Waals surface area contributed by atoms with E-state index in [-0.39, 0.29) is 18.1 Å². The molecule has 0 bridgehead atoms. The number of rotatable bonds is 4. The summed E-state index contributed by atoms with van der Waals surface area (Å²) in [4.78, 5) is 14.5. The summed E-state index contributed by atoms with van der Waals surface area (Å²) in [6, 6.07) is 4.86. The maximum Gasteiger partial charge on any atom is 0.295 e. The third-order valence-electron chi connectivity index (χ3n) is 3.58. The van der Waals surface area contributed by atoms with Crippen LogP contribution in [0.1, 0.15) is 12.8 Å².